The average Bonchev–Trinajstić information content (AvgIpc) is 1.63. The number of rotatable bonds is 3. The van der Waals surface area contributed by atoms with Crippen LogP contribution in [0.5, 0.6) is 0 Å². The van der Waals surface area contributed by atoms with Crippen LogP contribution in [0.15, 0.2) is 0 Å². The van der Waals surface area contributed by atoms with Crippen molar-refractivity contribution < 1.29 is 4.79 Å². The summed E-state index contributed by atoms with van der Waals surface area (Å²) in [6.07, 6.45) is 0. The van der Waals surface area contributed by atoms with E-state index in [2.05, 4.69) is 0 Å². The van der Waals surface area contributed by atoms with Crippen molar-refractivity contribution in [2.45, 2.75) is 6.04 Å². The summed E-state index contributed by atoms with van der Waals surface area (Å²) < 4.78 is 0. The van der Waals surface area contributed by atoms with Gasteiger partial charge in [-0.15, -0.1) is 0 Å². The lowest BCUT2D eigenvalue weighted by Crippen LogP contribution is -2.43. The number of amides is 1. The molecule has 0 saturated heterocycles. The van der Waals surface area contributed by atoms with E-state index in [0.29, 0.717) is 6.54 Å². The van der Waals surface area contributed by atoms with Gasteiger partial charge in [-0.05, 0) is 14.1 Å². The SMILES string of the molecule is CN(C)CC(N)C(N)=O. The molecule has 0 fully saturated rings. The quantitative estimate of drug-likeness (QED) is 0.482. The summed E-state index contributed by atoms with van der Waals surface area (Å²) in [5, 5.41) is 0. The van der Waals surface area contributed by atoms with Crippen LogP contribution in [0.4, 0.5) is 0 Å². The van der Waals surface area contributed by atoms with Crippen LogP contribution in [-0.2, 0) is 4.79 Å². The van der Waals surface area contributed by atoms with E-state index in [1.54, 1.807) is 0 Å². The zero-order valence-electron chi connectivity index (χ0n) is 5.79. The topological polar surface area (TPSA) is 72.3 Å². The molecule has 0 aromatic heterocycles. The van der Waals surface area contributed by atoms with Crippen molar-refractivity contribution >= 4 is 5.91 Å². The lowest BCUT2D eigenvalue weighted by atomic mass is 10.3. The number of nitrogens with zero attached hydrogens (tertiary/aromatic N) is 1. The first kappa shape index (κ1) is 8.39. The number of likely N-dealkylation sites (N-methyl/N-ethyl adjacent to an activating group) is 1. The van der Waals surface area contributed by atoms with Crippen LogP contribution >= 0.6 is 0 Å². The first-order chi connectivity index (χ1) is 4.04. The molecule has 4 heteroatoms. The van der Waals surface area contributed by atoms with Gasteiger partial charge in [0.25, 0.3) is 0 Å². The van der Waals surface area contributed by atoms with Crippen molar-refractivity contribution in [2.75, 3.05) is 20.6 Å². The number of carbonyl (C=O) groups is 1. The van der Waals surface area contributed by atoms with Gasteiger partial charge in [0.15, 0.2) is 0 Å². The predicted molar refractivity (Wildman–Crippen MR) is 35.7 cm³/mol. The lowest BCUT2D eigenvalue weighted by molar-refractivity contribution is -0.119. The third-order valence-electron chi connectivity index (χ3n) is 0.927. The summed E-state index contributed by atoms with van der Waals surface area (Å²) in [5.74, 6) is -0.455. The van der Waals surface area contributed by atoms with Crippen molar-refractivity contribution in [2.24, 2.45) is 11.5 Å². The molecule has 4 nitrogen and oxygen atoms in total. The number of primary amides is 1. The van der Waals surface area contributed by atoms with Crippen LogP contribution < -0.4 is 11.5 Å². The summed E-state index contributed by atoms with van der Waals surface area (Å²) in [6.45, 7) is 0.509. The maximum absolute atomic E-state index is 10.3. The van der Waals surface area contributed by atoms with Gasteiger partial charge in [0.1, 0.15) is 0 Å². The second-order valence-electron chi connectivity index (χ2n) is 2.27. The minimum absolute atomic E-state index is 0.455. The number of carbonyl (C=O) groups excluding carboxylic acids is 1. The molecule has 0 spiro atoms. The van der Waals surface area contributed by atoms with Crippen LogP contribution in [0.1, 0.15) is 0 Å². The monoisotopic (exact) mass is 131 g/mol. The Morgan fingerprint density at radius 2 is 2.11 bits per heavy atom. The van der Waals surface area contributed by atoms with Crippen LogP contribution in [0, 0.1) is 0 Å². The van der Waals surface area contributed by atoms with E-state index in [-0.39, 0.29) is 0 Å². The molecule has 0 bridgehead atoms. The van der Waals surface area contributed by atoms with Crippen LogP contribution in [0.25, 0.3) is 0 Å². The number of hydrogen-bond donors (Lipinski definition) is 2. The molecular weight excluding hydrogens is 118 g/mol. The predicted octanol–water partition coefficient (Wildman–Crippen LogP) is -1.64. The Labute approximate surface area is 54.8 Å². The Morgan fingerprint density at radius 1 is 1.67 bits per heavy atom. The fourth-order valence-electron chi connectivity index (χ4n) is 0.483. The second-order valence-corrected chi connectivity index (χ2v) is 2.27. The van der Waals surface area contributed by atoms with Crippen molar-refractivity contribution in [3.63, 3.8) is 0 Å². The van der Waals surface area contributed by atoms with Crippen molar-refractivity contribution in [1.82, 2.24) is 4.90 Å². The third kappa shape index (κ3) is 3.93. The number of hydrogen-bond acceptors (Lipinski definition) is 3. The van der Waals surface area contributed by atoms with E-state index < -0.39 is 11.9 Å². The molecule has 0 aliphatic heterocycles. The maximum Gasteiger partial charge on any atom is 0.235 e. The van der Waals surface area contributed by atoms with Crippen LogP contribution in [-0.4, -0.2) is 37.5 Å². The largest absolute Gasteiger partial charge is 0.368 e. The Morgan fingerprint density at radius 3 is 2.22 bits per heavy atom. The molecule has 0 heterocycles. The first-order valence-corrected chi connectivity index (χ1v) is 2.73. The van der Waals surface area contributed by atoms with Gasteiger partial charge in [0, 0.05) is 6.54 Å². The van der Waals surface area contributed by atoms with Crippen LogP contribution in [0.2, 0.25) is 0 Å². The van der Waals surface area contributed by atoms with Gasteiger partial charge in [-0.3, -0.25) is 4.79 Å². The molecule has 0 aliphatic rings. The highest BCUT2D eigenvalue weighted by Gasteiger charge is 2.08. The average molecular weight is 131 g/mol. The maximum atomic E-state index is 10.3. The van der Waals surface area contributed by atoms with Crippen molar-refractivity contribution in [3.05, 3.63) is 0 Å². The summed E-state index contributed by atoms with van der Waals surface area (Å²) >= 11 is 0. The molecule has 0 aromatic rings. The molecule has 0 aromatic carbocycles. The molecule has 54 valence electrons. The van der Waals surface area contributed by atoms with E-state index in [0.717, 1.165) is 0 Å². The second kappa shape index (κ2) is 3.42. The number of nitrogens with two attached hydrogens (primary N) is 2. The zero-order chi connectivity index (χ0) is 7.44. The zero-order valence-corrected chi connectivity index (χ0v) is 5.79. The normalized spacial score (nSPS) is 13.8. The Bertz CT molecular complexity index is 102. The highest BCUT2D eigenvalue weighted by atomic mass is 16.1. The first-order valence-electron chi connectivity index (χ1n) is 2.73. The molecule has 4 N–H and O–H groups in total. The lowest BCUT2D eigenvalue weighted by Gasteiger charge is -2.12. The molecule has 1 unspecified atom stereocenters. The van der Waals surface area contributed by atoms with Gasteiger partial charge in [-0.1, -0.05) is 0 Å². The highest BCUT2D eigenvalue weighted by molar-refractivity contribution is 5.79. The highest BCUT2D eigenvalue weighted by Crippen LogP contribution is 1.79. The molecule has 1 atom stereocenters. The van der Waals surface area contributed by atoms with Gasteiger partial charge in [0.2, 0.25) is 5.91 Å². The molecular formula is C5H13N3O. The third-order valence-corrected chi connectivity index (χ3v) is 0.927. The molecule has 1 amide bonds. The van der Waals surface area contributed by atoms with E-state index in [1.165, 1.54) is 0 Å². The summed E-state index contributed by atoms with van der Waals surface area (Å²) in [6, 6.07) is -0.542. The molecule has 0 radical (unpaired) electrons. The minimum atomic E-state index is -0.542. The summed E-state index contributed by atoms with van der Waals surface area (Å²) in [5.41, 5.74) is 10.2. The minimum Gasteiger partial charge on any atom is -0.368 e. The van der Waals surface area contributed by atoms with Crippen LogP contribution in [0.3, 0.4) is 0 Å². The van der Waals surface area contributed by atoms with Crippen molar-refractivity contribution in [1.29, 1.82) is 0 Å². The molecule has 0 aliphatic carbocycles. The van der Waals surface area contributed by atoms with Gasteiger partial charge in [-0.25, -0.2) is 0 Å². The van der Waals surface area contributed by atoms with E-state index in [1.807, 2.05) is 19.0 Å². The Hall–Kier alpha value is -0.610. The van der Waals surface area contributed by atoms with E-state index >= 15 is 0 Å². The van der Waals surface area contributed by atoms with E-state index in [9.17, 15) is 4.79 Å². The fourth-order valence-corrected chi connectivity index (χ4v) is 0.483. The van der Waals surface area contributed by atoms with Gasteiger partial charge >= 0.3 is 0 Å². The fraction of sp³-hybridized carbons (Fsp3) is 0.800. The van der Waals surface area contributed by atoms with Gasteiger partial charge < -0.3 is 16.4 Å². The summed E-state index contributed by atoms with van der Waals surface area (Å²) in [7, 11) is 3.67. The van der Waals surface area contributed by atoms with Gasteiger partial charge in [0.05, 0.1) is 6.04 Å². The molecule has 0 saturated carbocycles. The Balaban J connectivity index is 3.50. The summed E-state index contributed by atoms with van der Waals surface area (Å²) in [4.78, 5) is 12.1. The van der Waals surface area contributed by atoms with Crippen molar-refractivity contribution in [3.8, 4) is 0 Å². The molecule has 9 heavy (non-hydrogen) atoms. The smallest absolute Gasteiger partial charge is 0.235 e. The molecule has 0 rings (SSSR count). The van der Waals surface area contributed by atoms with Gasteiger partial charge in [-0.2, -0.15) is 0 Å². The Kier molecular flexibility index (Phi) is 3.19. The standard InChI is InChI=1S/C5H13N3O/c1-8(2)3-4(6)5(7)9/h4H,3,6H2,1-2H3,(H2,7,9). The van der Waals surface area contributed by atoms with E-state index in [4.69, 9.17) is 11.5 Å².